The third kappa shape index (κ3) is 1.76. The molecule has 1 nitrogen and oxygen atoms in total. The maximum absolute atomic E-state index is 11.2. The Kier molecular flexibility index (Phi) is 2.73. The van der Waals surface area contributed by atoms with Crippen molar-refractivity contribution < 1.29 is 4.79 Å². The molecule has 0 fully saturated rings. The summed E-state index contributed by atoms with van der Waals surface area (Å²) in [6, 6.07) is 15.1. The predicted molar refractivity (Wildman–Crippen MR) is 76.6 cm³/mol. The summed E-state index contributed by atoms with van der Waals surface area (Å²) in [5, 5.41) is 4.26. The van der Waals surface area contributed by atoms with E-state index in [1.165, 1.54) is 0 Å². The molecule has 0 unspecified atom stereocenters. The highest BCUT2D eigenvalue weighted by Gasteiger charge is 2.07. The lowest BCUT2D eigenvalue weighted by molar-refractivity contribution is 0.108. The van der Waals surface area contributed by atoms with Crippen LogP contribution in [0, 0.1) is 0 Å². The molecule has 0 aliphatic heterocycles. The first kappa shape index (κ1) is 11.5. The molecule has 18 heavy (non-hydrogen) atoms. The van der Waals surface area contributed by atoms with Gasteiger partial charge in [-0.1, -0.05) is 41.9 Å². The number of hydrogen-bond donors (Lipinski definition) is 0. The highest BCUT2D eigenvalue weighted by atomic mass is 35.5. The van der Waals surface area contributed by atoms with E-state index < -0.39 is 5.24 Å². The molecule has 0 spiro atoms. The summed E-state index contributed by atoms with van der Waals surface area (Å²) in [7, 11) is 0. The number of carbonyl (C=O) groups excluding carboxylic acids is 1. The van der Waals surface area contributed by atoms with E-state index >= 15 is 0 Å². The van der Waals surface area contributed by atoms with Crippen molar-refractivity contribution in [2.45, 2.75) is 0 Å². The second kappa shape index (κ2) is 4.27. The van der Waals surface area contributed by atoms with Gasteiger partial charge in [0.25, 0.3) is 5.24 Å². The van der Waals surface area contributed by atoms with Crippen molar-refractivity contribution in [2.75, 3.05) is 0 Å². The maximum Gasteiger partial charge on any atom is 0.252 e. The van der Waals surface area contributed by atoms with Crippen molar-refractivity contribution >= 4 is 50.0 Å². The minimum Gasteiger partial charge on any atom is -0.276 e. The summed E-state index contributed by atoms with van der Waals surface area (Å²) in [5.41, 5.74) is 0.497. The van der Waals surface area contributed by atoms with E-state index in [1.807, 2.05) is 42.5 Å². The third-order valence-electron chi connectivity index (χ3n) is 3.04. The van der Waals surface area contributed by atoms with E-state index in [0.717, 1.165) is 21.5 Å². The van der Waals surface area contributed by atoms with Crippen LogP contribution in [0.4, 0.5) is 0 Å². The van der Waals surface area contributed by atoms with E-state index in [1.54, 1.807) is 6.07 Å². The van der Waals surface area contributed by atoms with Gasteiger partial charge in [-0.15, -0.1) is 0 Å². The van der Waals surface area contributed by atoms with E-state index in [4.69, 9.17) is 23.2 Å². The Bertz CT molecular complexity index is 778. The standard InChI is InChI=1S/C15H8Cl2O/c16-14-8-9-5-6-10(15(17)18)7-13(9)11-3-1-2-4-12(11)14/h1-8H. The second-order valence-corrected chi connectivity index (χ2v) is 4.86. The van der Waals surface area contributed by atoms with Crippen molar-refractivity contribution in [3.05, 3.63) is 59.1 Å². The molecule has 0 heterocycles. The largest absolute Gasteiger partial charge is 0.276 e. The van der Waals surface area contributed by atoms with E-state index in [0.29, 0.717) is 10.6 Å². The van der Waals surface area contributed by atoms with Crippen molar-refractivity contribution in [1.82, 2.24) is 0 Å². The Balaban J connectivity index is 2.50. The lowest BCUT2D eigenvalue weighted by Crippen LogP contribution is -1.88. The van der Waals surface area contributed by atoms with Crippen molar-refractivity contribution in [2.24, 2.45) is 0 Å². The van der Waals surface area contributed by atoms with Gasteiger partial charge in [-0.3, -0.25) is 4.79 Å². The van der Waals surface area contributed by atoms with Gasteiger partial charge in [0.2, 0.25) is 0 Å². The molecular weight excluding hydrogens is 267 g/mol. The molecule has 0 aliphatic rings. The van der Waals surface area contributed by atoms with Crippen LogP contribution in [0.5, 0.6) is 0 Å². The fourth-order valence-corrected chi connectivity index (χ4v) is 2.58. The summed E-state index contributed by atoms with van der Waals surface area (Å²) in [6.07, 6.45) is 0. The lowest BCUT2D eigenvalue weighted by Gasteiger charge is -2.07. The molecule has 0 radical (unpaired) electrons. The molecule has 0 aliphatic carbocycles. The van der Waals surface area contributed by atoms with Gasteiger partial charge in [0.1, 0.15) is 0 Å². The molecule has 3 rings (SSSR count). The Morgan fingerprint density at radius 3 is 2.33 bits per heavy atom. The fraction of sp³-hybridized carbons (Fsp3) is 0. The molecule has 0 amide bonds. The number of benzene rings is 3. The molecule has 0 aromatic heterocycles. The van der Waals surface area contributed by atoms with Crippen LogP contribution in [0.2, 0.25) is 5.02 Å². The first-order valence-electron chi connectivity index (χ1n) is 5.47. The van der Waals surface area contributed by atoms with Crippen LogP contribution in [0.25, 0.3) is 21.5 Å². The smallest absolute Gasteiger partial charge is 0.252 e. The zero-order chi connectivity index (χ0) is 12.7. The number of rotatable bonds is 1. The molecule has 0 saturated carbocycles. The SMILES string of the molecule is O=C(Cl)c1ccc2cc(Cl)c3ccccc3c2c1. The molecule has 0 atom stereocenters. The summed E-state index contributed by atoms with van der Waals surface area (Å²) in [5.74, 6) is 0. The molecule has 0 N–H and O–H groups in total. The van der Waals surface area contributed by atoms with Crippen LogP contribution >= 0.6 is 23.2 Å². The topological polar surface area (TPSA) is 17.1 Å². The van der Waals surface area contributed by atoms with Crippen LogP contribution in [0.15, 0.2) is 48.5 Å². The Labute approximate surface area is 114 Å². The second-order valence-electron chi connectivity index (χ2n) is 4.11. The van der Waals surface area contributed by atoms with Gasteiger partial charge >= 0.3 is 0 Å². The first-order chi connectivity index (χ1) is 8.66. The third-order valence-corrected chi connectivity index (χ3v) is 3.57. The predicted octanol–water partition coefficient (Wildman–Crippen LogP) is 5.03. The quantitative estimate of drug-likeness (QED) is 0.450. The van der Waals surface area contributed by atoms with Gasteiger partial charge in [-0.05, 0) is 46.0 Å². The average molecular weight is 275 g/mol. The highest BCUT2D eigenvalue weighted by molar-refractivity contribution is 6.67. The van der Waals surface area contributed by atoms with Gasteiger partial charge < -0.3 is 0 Å². The summed E-state index contributed by atoms with van der Waals surface area (Å²) in [4.78, 5) is 11.2. The Hall–Kier alpha value is -1.57. The van der Waals surface area contributed by atoms with Crippen molar-refractivity contribution in [3.63, 3.8) is 0 Å². The van der Waals surface area contributed by atoms with Gasteiger partial charge in [0.05, 0.1) is 0 Å². The van der Waals surface area contributed by atoms with Crippen LogP contribution in [0.1, 0.15) is 10.4 Å². The van der Waals surface area contributed by atoms with Gasteiger partial charge in [-0.2, -0.15) is 0 Å². The molecule has 88 valence electrons. The molecule has 0 bridgehead atoms. The average Bonchev–Trinajstić information content (AvgIpc) is 2.38. The van der Waals surface area contributed by atoms with Crippen LogP contribution in [0.3, 0.4) is 0 Å². The van der Waals surface area contributed by atoms with Gasteiger partial charge in [0, 0.05) is 16.0 Å². The first-order valence-corrected chi connectivity index (χ1v) is 6.23. The number of halogens is 2. The van der Waals surface area contributed by atoms with Crippen molar-refractivity contribution in [3.8, 4) is 0 Å². The van der Waals surface area contributed by atoms with Gasteiger partial charge in [-0.25, -0.2) is 0 Å². The minimum absolute atomic E-state index is 0.448. The molecule has 3 aromatic rings. The monoisotopic (exact) mass is 274 g/mol. The summed E-state index contributed by atoms with van der Waals surface area (Å²) in [6.45, 7) is 0. The lowest BCUT2D eigenvalue weighted by atomic mass is 10.0. The Morgan fingerprint density at radius 1 is 0.889 bits per heavy atom. The maximum atomic E-state index is 11.2. The summed E-state index contributed by atoms with van der Waals surface area (Å²) >= 11 is 11.8. The van der Waals surface area contributed by atoms with Crippen LogP contribution < -0.4 is 0 Å². The zero-order valence-corrected chi connectivity index (χ0v) is 10.8. The molecule has 0 saturated heterocycles. The normalized spacial score (nSPS) is 11.0. The van der Waals surface area contributed by atoms with E-state index in [-0.39, 0.29) is 0 Å². The minimum atomic E-state index is -0.448. The summed E-state index contributed by atoms with van der Waals surface area (Å²) < 4.78 is 0. The molecular formula is C15H8Cl2O. The fourth-order valence-electron chi connectivity index (χ4n) is 2.18. The zero-order valence-electron chi connectivity index (χ0n) is 9.28. The number of carbonyl (C=O) groups is 1. The Morgan fingerprint density at radius 2 is 1.61 bits per heavy atom. The van der Waals surface area contributed by atoms with Crippen LogP contribution in [-0.2, 0) is 0 Å². The molecule has 3 aromatic carbocycles. The number of fused-ring (bicyclic) bond motifs is 3. The number of hydrogen-bond acceptors (Lipinski definition) is 1. The highest BCUT2D eigenvalue weighted by Crippen LogP contribution is 2.32. The molecule has 3 heteroatoms. The van der Waals surface area contributed by atoms with Crippen molar-refractivity contribution in [1.29, 1.82) is 0 Å². The van der Waals surface area contributed by atoms with E-state index in [2.05, 4.69) is 0 Å². The van der Waals surface area contributed by atoms with Crippen LogP contribution in [-0.4, -0.2) is 5.24 Å². The van der Waals surface area contributed by atoms with Gasteiger partial charge in [0.15, 0.2) is 0 Å². The van der Waals surface area contributed by atoms with E-state index in [9.17, 15) is 4.79 Å².